The minimum atomic E-state index is -0.154. The smallest absolute Gasteiger partial charge is 0.257 e. The molecule has 6 nitrogen and oxygen atoms in total. The first-order valence-electron chi connectivity index (χ1n) is 8.33. The molecule has 1 amide bonds. The summed E-state index contributed by atoms with van der Waals surface area (Å²) in [5, 5.41) is 2.79. The van der Waals surface area contributed by atoms with Crippen molar-refractivity contribution in [1.82, 2.24) is 10.3 Å². The molecule has 0 aliphatic heterocycles. The van der Waals surface area contributed by atoms with Gasteiger partial charge in [0, 0.05) is 25.4 Å². The van der Waals surface area contributed by atoms with Crippen molar-refractivity contribution in [2.45, 2.75) is 26.4 Å². The van der Waals surface area contributed by atoms with Crippen molar-refractivity contribution in [2.24, 2.45) is 0 Å². The summed E-state index contributed by atoms with van der Waals surface area (Å²) in [6.45, 7) is 5.16. The predicted octanol–water partition coefficient (Wildman–Crippen LogP) is 3.18. The van der Waals surface area contributed by atoms with E-state index in [0.717, 1.165) is 6.42 Å². The van der Waals surface area contributed by atoms with Crippen LogP contribution in [0.5, 0.6) is 17.4 Å². The summed E-state index contributed by atoms with van der Waals surface area (Å²) in [4.78, 5) is 15.8. The van der Waals surface area contributed by atoms with Crippen molar-refractivity contribution in [3.63, 3.8) is 0 Å². The van der Waals surface area contributed by atoms with E-state index in [1.807, 2.05) is 26.0 Å². The van der Waals surface area contributed by atoms with Crippen LogP contribution in [-0.4, -0.2) is 36.8 Å². The van der Waals surface area contributed by atoms with Gasteiger partial charge in [0.2, 0.25) is 5.88 Å². The van der Waals surface area contributed by atoms with E-state index in [9.17, 15) is 4.79 Å². The minimum absolute atomic E-state index is 0.0223. The molecule has 1 aromatic carbocycles. The molecule has 0 saturated carbocycles. The molecule has 2 aromatic rings. The molecule has 6 heteroatoms. The average Bonchev–Trinajstić information content (AvgIpc) is 2.61. The quantitative estimate of drug-likeness (QED) is 0.670. The molecular weight excluding hydrogens is 320 g/mol. The SMILES string of the molecule is CC(C)OCCCNC(=O)COc1ccc(Oc2ccccn2)cc1. The van der Waals surface area contributed by atoms with Crippen LogP contribution in [-0.2, 0) is 9.53 Å². The number of nitrogens with zero attached hydrogens (tertiary/aromatic N) is 1. The van der Waals surface area contributed by atoms with Gasteiger partial charge in [0.05, 0.1) is 6.10 Å². The standard InChI is InChI=1S/C19H24N2O4/c1-15(2)23-13-5-12-20-18(22)14-24-16-7-9-17(10-8-16)25-19-6-3-4-11-21-19/h3-4,6-11,15H,5,12-14H2,1-2H3,(H,20,22). The number of hydrogen-bond acceptors (Lipinski definition) is 5. The lowest BCUT2D eigenvalue weighted by Crippen LogP contribution is -2.30. The largest absolute Gasteiger partial charge is 0.484 e. The van der Waals surface area contributed by atoms with E-state index < -0.39 is 0 Å². The summed E-state index contributed by atoms with van der Waals surface area (Å²) in [5.41, 5.74) is 0. The molecule has 0 aliphatic carbocycles. The van der Waals surface area contributed by atoms with E-state index >= 15 is 0 Å². The van der Waals surface area contributed by atoms with E-state index in [2.05, 4.69) is 10.3 Å². The third-order valence-electron chi connectivity index (χ3n) is 3.15. The molecule has 0 saturated heterocycles. The molecule has 0 spiro atoms. The van der Waals surface area contributed by atoms with E-state index in [-0.39, 0.29) is 18.6 Å². The van der Waals surface area contributed by atoms with E-state index in [1.165, 1.54) is 0 Å². The Hall–Kier alpha value is -2.60. The highest BCUT2D eigenvalue weighted by Gasteiger charge is 2.03. The summed E-state index contributed by atoms with van der Waals surface area (Å²) >= 11 is 0. The predicted molar refractivity (Wildman–Crippen MR) is 95.0 cm³/mol. The van der Waals surface area contributed by atoms with Gasteiger partial charge in [-0.2, -0.15) is 0 Å². The second-order valence-corrected chi connectivity index (χ2v) is 5.65. The van der Waals surface area contributed by atoms with Crippen LogP contribution in [0.3, 0.4) is 0 Å². The van der Waals surface area contributed by atoms with Crippen molar-refractivity contribution in [3.8, 4) is 17.4 Å². The molecule has 1 heterocycles. The van der Waals surface area contributed by atoms with E-state index in [0.29, 0.717) is 30.5 Å². The second kappa shape index (κ2) is 10.3. The number of aromatic nitrogens is 1. The number of carbonyl (C=O) groups excluding carboxylic acids is 1. The number of amides is 1. The molecule has 0 unspecified atom stereocenters. The summed E-state index contributed by atoms with van der Waals surface area (Å²) < 4.78 is 16.5. The summed E-state index contributed by atoms with van der Waals surface area (Å²) in [6.07, 6.45) is 2.66. The number of carbonyl (C=O) groups is 1. The highest BCUT2D eigenvalue weighted by molar-refractivity contribution is 5.77. The van der Waals surface area contributed by atoms with Gasteiger partial charge < -0.3 is 19.5 Å². The minimum Gasteiger partial charge on any atom is -0.484 e. The van der Waals surface area contributed by atoms with Crippen molar-refractivity contribution < 1.29 is 19.0 Å². The molecule has 0 bridgehead atoms. The fraction of sp³-hybridized carbons (Fsp3) is 0.368. The second-order valence-electron chi connectivity index (χ2n) is 5.65. The molecule has 0 fully saturated rings. The number of pyridine rings is 1. The Balaban J connectivity index is 1.66. The van der Waals surface area contributed by atoms with Crippen molar-refractivity contribution in [2.75, 3.05) is 19.8 Å². The van der Waals surface area contributed by atoms with Crippen molar-refractivity contribution >= 4 is 5.91 Å². The van der Waals surface area contributed by atoms with E-state index in [1.54, 1.807) is 36.5 Å². The van der Waals surface area contributed by atoms with Gasteiger partial charge in [0.25, 0.3) is 5.91 Å². The Kier molecular flexibility index (Phi) is 7.72. The highest BCUT2D eigenvalue weighted by Crippen LogP contribution is 2.22. The van der Waals surface area contributed by atoms with Crippen molar-refractivity contribution in [1.29, 1.82) is 0 Å². The number of benzene rings is 1. The van der Waals surface area contributed by atoms with Crippen LogP contribution < -0.4 is 14.8 Å². The Morgan fingerprint density at radius 1 is 1.12 bits per heavy atom. The van der Waals surface area contributed by atoms with Gasteiger partial charge in [-0.05, 0) is 50.6 Å². The number of nitrogens with one attached hydrogen (secondary N) is 1. The van der Waals surface area contributed by atoms with Gasteiger partial charge in [-0.3, -0.25) is 4.79 Å². The molecule has 134 valence electrons. The maximum atomic E-state index is 11.7. The lowest BCUT2D eigenvalue weighted by Gasteiger charge is -2.10. The molecule has 1 N–H and O–H groups in total. The van der Waals surface area contributed by atoms with Crippen LogP contribution in [0.2, 0.25) is 0 Å². The Labute approximate surface area is 148 Å². The molecular formula is C19H24N2O4. The van der Waals surface area contributed by atoms with Gasteiger partial charge in [0.1, 0.15) is 11.5 Å². The molecule has 25 heavy (non-hydrogen) atoms. The van der Waals surface area contributed by atoms with Crippen LogP contribution in [0.15, 0.2) is 48.7 Å². The lowest BCUT2D eigenvalue weighted by atomic mass is 10.3. The highest BCUT2D eigenvalue weighted by atomic mass is 16.5. The molecule has 0 aliphatic rings. The Morgan fingerprint density at radius 3 is 2.56 bits per heavy atom. The van der Waals surface area contributed by atoms with Gasteiger partial charge in [0.15, 0.2) is 6.61 Å². The first-order valence-corrected chi connectivity index (χ1v) is 8.33. The van der Waals surface area contributed by atoms with Crippen LogP contribution in [0.4, 0.5) is 0 Å². The summed E-state index contributed by atoms with van der Waals surface area (Å²) in [6, 6.07) is 12.5. The molecule has 0 radical (unpaired) electrons. The first-order chi connectivity index (χ1) is 12.1. The zero-order valence-electron chi connectivity index (χ0n) is 14.6. The maximum Gasteiger partial charge on any atom is 0.257 e. The van der Waals surface area contributed by atoms with Crippen molar-refractivity contribution in [3.05, 3.63) is 48.7 Å². The van der Waals surface area contributed by atoms with Gasteiger partial charge >= 0.3 is 0 Å². The zero-order chi connectivity index (χ0) is 17.9. The van der Waals surface area contributed by atoms with Gasteiger partial charge in [-0.25, -0.2) is 4.98 Å². The maximum absolute atomic E-state index is 11.7. The molecule has 1 aromatic heterocycles. The third-order valence-corrected chi connectivity index (χ3v) is 3.15. The fourth-order valence-corrected chi connectivity index (χ4v) is 1.95. The fourth-order valence-electron chi connectivity index (χ4n) is 1.95. The first kappa shape index (κ1) is 18.7. The van der Waals surface area contributed by atoms with Crippen LogP contribution in [0, 0.1) is 0 Å². The normalized spacial score (nSPS) is 10.5. The number of rotatable bonds is 10. The van der Waals surface area contributed by atoms with Crippen LogP contribution in [0.1, 0.15) is 20.3 Å². The topological polar surface area (TPSA) is 69.7 Å². The zero-order valence-corrected chi connectivity index (χ0v) is 14.6. The Bertz CT molecular complexity index is 630. The third kappa shape index (κ3) is 7.67. The number of hydrogen-bond donors (Lipinski definition) is 1. The van der Waals surface area contributed by atoms with Crippen LogP contribution >= 0.6 is 0 Å². The number of ether oxygens (including phenoxy) is 3. The van der Waals surface area contributed by atoms with E-state index in [4.69, 9.17) is 14.2 Å². The summed E-state index contributed by atoms with van der Waals surface area (Å²) in [7, 11) is 0. The lowest BCUT2D eigenvalue weighted by molar-refractivity contribution is -0.123. The van der Waals surface area contributed by atoms with Gasteiger partial charge in [-0.15, -0.1) is 0 Å². The average molecular weight is 344 g/mol. The Morgan fingerprint density at radius 2 is 1.88 bits per heavy atom. The van der Waals surface area contributed by atoms with Gasteiger partial charge in [-0.1, -0.05) is 6.07 Å². The molecule has 2 rings (SSSR count). The summed E-state index contributed by atoms with van der Waals surface area (Å²) in [5.74, 6) is 1.63. The molecule has 0 atom stereocenters. The van der Waals surface area contributed by atoms with Crippen LogP contribution in [0.25, 0.3) is 0 Å². The monoisotopic (exact) mass is 344 g/mol.